The van der Waals surface area contributed by atoms with Crippen molar-refractivity contribution in [3.63, 3.8) is 0 Å². The molecule has 3 aromatic heterocycles. The highest BCUT2D eigenvalue weighted by Gasteiger charge is 2.21. The predicted molar refractivity (Wildman–Crippen MR) is 102 cm³/mol. The molecule has 0 bridgehead atoms. The van der Waals surface area contributed by atoms with Gasteiger partial charge in [-0.2, -0.15) is 0 Å². The van der Waals surface area contributed by atoms with Crippen LogP contribution in [-0.4, -0.2) is 21.0 Å². The first kappa shape index (κ1) is 17.5. The van der Waals surface area contributed by atoms with Gasteiger partial charge in [-0.25, -0.2) is 4.39 Å². The molecule has 138 valence electrons. The van der Waals surface area contributed by atoms with Gasteiger partial charge >= 0.3 is 0 Å². The number of amides is 1. The van der Waals surface area contributed by atoms with Crippen LogP contribution in [0.15, 0.2) is 77.7 Å². The molecular formula is C21H15FN4O2. The van der Waals surface area contributed by atoms with Crippen LogP contribution in [0.1, 0.15) is 5.69 Å². The van der Waals surface area contributed by atoms with E-state index in [0.717, 1.165) is 5.56 Å². The summed E-state index contributed by atoms with van der Waals surface area (Å²) in [6, 6.07) is 14.9. The van der Waals surface area contributed by atoms with Crippen molar-refractivity contribution in [2.45, 2.75) is 6.42 Å². The fraction of sp³-hybridized carbons (Fsp3) is 0.0476. The number of hydrogen-bond acceptors (Lipinski definition) is 5. The fourth-order valence-corrected chi connectivity index (χ4v) is 2.80. The van der Waals surface area contributed by atoms with Crippen LogP contribution in [0.25, 0.3) is 22.4 Å². The van der Waals surface area contributed by atoms with Crippen molar-refractivity contribution in [2.24, 2.45) is 0 Å². The molecule has 1 N–H and O–H groups in total. The molecule has 0 aliphatic carbocycles. The lowest BCUT2D eigenvalue weighted by Gasteiger charge is -2.06. The highest BCUT2D eigenvalue weighted by Crippen LogP contribution is 2.37. The molecule has 0 atom stereocenters. The van der Waals surface area contributed by atoms with E-state index in [1.807, 2.05) is 6.07 Å². The lowest BCUT2D eigenvalue weighted by atomic mass is 10.0. The number of benzene rings is 1. The smallest absolute Gasteiger partial charge is 0.239 e. The molecule has 1 amide bonds. The molecule has 3 heterocycles. The van der Waals surface area contributed by atoms with Crippen LogP contribution in [0.5, 0.6) is 0 Å². The van der Waals surface area contributed by atoms with Crippen LogP contribution >= 0.6 is 0 Å². The van der Waals surface area contributed by atoms with Gasteiger partial charge in [-0.3, -0.25) is 20.1 Å². The summed E-state index contributed by atoms with van der Waals surface area (Å²) in [5.74, 6) is -0.413. The summed E-state index contributed by atoms with van der Waals surface area (Å²) in [4.78, 5) is 20.6. The van der Waals surface area contributed by atoms with Gasteiger partial charge in [0.25, 0.3) is 0 Å². The number of hydrogen-bond donors (Lipinski definition) is 1. The number of nitrogens with one attached hydrogen (secondary N) is 1. The molecule has 0 aliphatic rings. The van der Waals surface area contributed by atoms with Crippen LogP contribution in [-0.2, 0) is 11.2 Å². The number of nitrogens with zero attached hydrogens (tertiary/aromatic N) is 3. The summed E-state index contributed by atoms with van der Waals surface area (Å²) in [6.45, 7) is 0. The number of rotatable bonds is 5. The van der Waals surface area contributed by atoms with Crippen molar-refractivity contribution in [2.75, 3.05) is 5.32 Å². The highest BCUT2D eigenvalue weighted by atomic mass is 19.1. The van der Waals surface area contributed by atoms with Crippen molar-refractivity contribution in [1.82, 2.24) is 15.1 Å². The van der Waals surface area contributed by atoms with E-state index in [1.165, 1.54) is 12.1 Å². The molecule has 0 aliphatic heterocycles. The molecule has 1 aromatic carbocycles. The second kappa shape index (κ2) is 7.79. The van der Waals surface area contributed by atoms with Gasteiger partial charge in [0.1, 0.15) is 11.5 Å². The second-order valence-electron chi connectivity index (χ2n) is 6.02. The van der Waals surface area contributed by atoms with Crippen molar-refractivity contribution in [1.29, 1.82) is 0 Å². The van der Waals surface area contributed by atoms with E-state index in [9.17, 15) is 9.18 Å². The number of carbonyl (C=O) groups excluding carboxylic acids is 1. The molecule has 6 nitrogen and oxygen atoms in total. The largest absolute Gasteiger partial charge is 0.337 e. The third kappa shape index (κ3) is 3.78. The topological polar surface area (TPSA) is 80.9 Å². The predicted octanol–water partition coefficient (Wildman–Crippen LogP) is 4.12. The molecule has 0 radical (unpaired) electrons. The zero-order valence-electron chi connectivity index (χ0n) is 14.7. The molecule has 7 heteroatoms. The highest BCUT2D eigenvalue weighted by molar-refractivity contribution is 5.97. The summed E-state index contributed by atoms with van der Waals surface area (Å²) in [6.07, 6.45) is 5.00. The van der Waals surface area contributed by atoms with Gasteiger partial charge in [-0.05, 0) is 54.1 Å². The van der Waals surface area contributed by atoms with E-state index in [1.54, 1.807) is 55.0 Å². The van der Waals surface area contributed by atoms with E-state index in [0.29, 0.717) is 22.5 Å². The van der Waals surface area contributed by atoms with Gasteiger partial charge in [-0.15, -0.1) is 0 Å². The van der Waals surface area contributed by atoms with Gasteiger partial charge in [0.15, 0.2) is 0 Å². The summed E-state index contributed by atoms with van der Waals surface area (Å²) in [5.41, 5.74) is 3.18. The molecule has 0 unspecified atom stereocenters. The molecule has 0 spiro atoms. The van der Waals surface area contributed by atoms with Gasteiger partial charge < -0.3 is 4.52 Å². The first-order valence-electron chi connectivity index (χ1n) is 8.56. The van der Waals surface area contributed by atoms with Crippen LogP contribution in [0, 0.1) is 5.82 Å². The third-order valence-corrected chi connectivity index (χ3v) is 4.10. The van der Waals surface area contributed by atoms with Crippen LogP contribution in [0.4, 0.5) is 10.3 Å². The Labute approximate surface area is 160 Å². The van der Waals surface area contributed by atoms with Crippen molar-refractivity contribution < 1.29 is 13.7 Å². The number of anilines is 1. The number of aromatic nitrogens is 3. The number of carbonyl (C=O) groups is 1. The van der Waals surface area contributed by atoms with E-state index in [-0.39, 0.29) is 24.0 Å². The summed E-state index contributed by atoms with van der Waals surface area (Å²) < 4.78 is 18.7. The molecule has 0 saturated carbocycles. The van der Waals surface area contributed by atoms with Crippen molar-refractivity contribution in [3.8, 4) is 22.4 Å². The minimum Gasteiger partial charge on any atom is -0.337 e. The molecule has 4 rings (SSSR count). The van der Waals surface area contributed by atoms with Gasteiger partial charge in [-0.1, -0.05) is 11.2 Å². The Kier molecular flexibility index (Phi) is 4.88. The van der Waals surface area contributed by atoms with Crippen molar-refractivity contribution in [3.05, 3.63) is 84.7 Å². The zero-order chi connectivity index (χ0) is 19.3. The lowest BCUT2D eigenvalue weighted by Crippen LogP contribution is -2.15. The molecule has 28 heavy (non-hydrogen) atoms. The Bertz CT molecular complexity index is 1080. The van der Waals surface area contributed by atoms with Gasteiger partial charge in [0.05, 0.1) is 12.0 Å². The average Bonchev–Trinajstić information content (AvgIpc) is 3.13. The minimum absolute atomic E-state index is 0.100. The van der Waals surface area contributed by atoms with E-state index in [4.69, 9.17) is 4.52 Å². The molecule has 4 aromatic rings. The van der Waals surface area contributed by atoms with Crippen LogP contribution in [0.2, 0.25) is 0 Å². The zero-order valence-corrected chi connectivity index (χ0v) is 14.7. The Morgan fingerprint density at radius 1 is 0.964 bits per heavy atom. The van der Waals surface area contributed by atoms with Crippen LogP contribution < -0.4 is 5.32 Å². The van der Waals surface area contributed by atoms with Crippen molar-refractivity contribution >= 4 is 11.8 Å². The second-order valence-corrected chi connectivity index (χ2v) is 6.02. The fourth-order valence-electron chi connectivity index (χ4n) is 2.80. The quantitative estimate of drug-likeness (QED) is 0.568. The molecular weight excluding hydrogens is 359 g/mol. The van der Waals surface area contributed by atoms with Gasteiger partial charge in [0, 0.05) is 29.8 Å². The lowest BCUT2D eigenvalue weighted by molar-refractivity contribution is -0.115. The maximum absolute atomic E-state index is 13.3. The third-order valence-electron chi connectivity index (χ3n) is 4.10. The standard InChI is InChI=1S/C21H15FN4O2/c22-16-6-4-15(5-7-16)20-19(14-8-11-23-12-9-14)21(28-26-20)25-18(27)13-17-3-1-2-10-24-17/h1-12H,13H2,(H,25,27). The first-order chi connectivity index (χ1) is 13.7. The summed E-state index contributed by atoms with van der Waals surface area (Å²) in [7, 11) is 0. The summed E-state index contributed by atoms with van der Waals surface area (Å²) >= 11 is 0. The average molecular weight is 374 g/mol. The molecule has 0 saturated heterocycles. The Morgan fingerprint density at radius 2 is 1.75 bits per heavy atom. The maximum atomic E-state index is 13.3. The Balaban J connectivity index is 1.69. The first-order valence-corrected chi connectivity index (χ1v) is 8.56. The number of pyridine rings is 2. The Hall–Kier alpha value is -3.87. The number of halogens is 1. The minimum atomic E-state index is -0.346. The monoisotopic (exact) mass is 374 g/mol. The van der Waals surface area contributed by atoms with E-state index >= 15 is 0 Å². The van der Waals surface area contributed by atoms with E-state index < -0.39 is 0 Å². The Morgan fingerprint density at radius 3 is 2.46 bits per heavy atom. The SMILES string of the molecule is O=C(Cc1ccccn1)Nc1onc(-c2ccc(F)cc2)c1-c1ccncc1. The maximum Gasteiger partial charge on any atom is 0.239 e. The van der Waals surface area contributed by atoms with Crippen LogP contribution in [0.3, 0.4) is 0 Å². The normalized spacial score (nSPS) is 10.6. The van der Waals surface area contributed by atoms with Gasteiger partial charge in [0.2, 0.25) is 11.8 Å². The summed E-state index contributed by atoms with van der Waals surface area (Å²) in [5, 5.41) is 6.86. The molecule has 0 fully saturated rings. The van der Waals surface area contributed by atoms with E-state index in [2.05, 4.69) is 20.4 Å².